The Morgan fingerprint density at radius 2 is 1.68 bits per heavy atom. The van der Waals surface area contributed by atoms with Gasteiger partial charge < -0.3 is 0 Å². The molecule has 1 atom stereocenters. The van der Waals surface area contributed by atoms with Crippen LogP contribution in [0.15, 0.2) is 71.6 Å². The van der Waals surface area contributed by atoms with Crippen LogP contribution in [-0.2, 0) is 10.0 Å². The van der Waals surface area contributed by atoms with Gasteiger partial charge in [0.2, 0.25) is 10.0 Å². The zero-order chi connectivity index (χ0) is 16.2. The summed E-state index contributed by atoms with van der Waals surface area (Å²) in [5, 5.41) is 0. The van der Waals surface area contributed by atoms with E-state index in [1.165, 1.54) is 0 Å². The largest absolute Gasteiger partial charge is 0.241 e. The van der Waals surface area contributed by atoms with E-state index in [2.05, 4.69) is 11.3 Å². The van der Waals surface area contributed by atoms with Gasteiger partial charge in [0.1, 0.15) is 0 Å². The van der Waals surface area contributed by atoms with E-state index >= 15 is 0 Å². The lowest BCUT2D eigenvalue weighted by atomic mass is 10.0. The van der Waals surface area contributed by atoms with E-state index < -0.39 is 10.0 Å². The summed E-state index contributed by atoms with van der Waals surface area (Å²) in [6.07, 6.45) is 0.565. The van der Waals surface area contributed by atoms with Crippen LogP contribution in [0.3, 0.4) is 0 Å². The van der Waals surface area contributed by atoms with Crippen molar-refractivity contribution < 1.29 is 8.42 Å². The second-order valence-corrected chi connectivity index (χ2v) is 7.27. The normalized spacial score (nSPS) is 12.8. The molecule has 0 aliphatic rings. The Kier molecular flexibility index (Phi) is 5.16. The van der Waals surface area contributed by atoms with Gasteiger partial charge in [-0.3, -0.25) is 0 Å². The average Bonchev–Trinajstić information content (AvgIpc) is 2.47. The van der Waals surface area contributed by atoms with Gasteiger partial charge in [-0.15, -0.1) is 6.58 Å². The molecule has 0 saturated carbocycles. The molecule has 0 amide bonds. The Morgan fingerprint density at radius 3 is 2.23 bits per heavy atom. The molecule has 0 saturated heterocycles. The topological polar surface area (TPSA) is 46.2 Å². The van der Waals surface area contributed by atoms with Crippen LogP contribution in [0.25, 0.3) is 0 Å². The van der Waals surface area contributed by atoms with Crippen LogP contribution in [0.5, 0.6) is 0 Å². The monoisotopic (exact) mass is 315 g/mol. The van der Waals surface area contributed by atoms with Gasteiger partial charge >= 0.3 is 0 Å². The van der Waals surface area contributed by atoms with Crippen molar-refractivity contribution >= 4 is 10.0 Å². The van der Waals surface area contributed by atoms with Crippen LogP contribution in [0.4, 0.5) is 0 Å². The molecule has 116 valence electrons. The maximum absolute atomic E-state index is 12.6. The highest BCUT2D eigenvalue weighted by Gasteiger charge is 2.21. The zero-order valence-corrected chi connectivity index (χ0v) is 13.7. The minimum atomic E-state index is -3.56. The lowest BCUT2D eigenvalue weighted by Crippen LogP contribution is -2.28. The Labute approximate surface area is 132 Å². The van der Waals surface area contributed by atoms with Crippen molar-refractivity contribution in [2.75, 3.05) is 0 Å². The van der Waals surface area contributed by atoms with Gasteiger partial charge in [-0.2, -0.15) is 0 Å². The third kappa shape index (κ3) is 4.29. The molecule has 0 aliphatic heterocycles. The van der Waals surface area contributed by atoms with Crippen LogP contribution < -0.4 is 4.72 Å². The first-order valence-corrected chi connectivity index (χ1v) is 8.65. The first-order valence-electron chi connectivity index (χ1n) is 7.17. The van der Waals surface area contributed by atoms with Gasteiger partial charge in [-0.1, -0.05) is 53.6 Å². The number of aryl methyl sites for hydroxylation is 1. The van der Waals surface area contributed by atoms with Crippen molar-refractivity contribution in [2.24, 2.45) is 0 Å². The van der Waals surface area contributed by atoms with E-state index in [0.717, 1.165) is 16.7 Å². The lowest BCUT2D eigenvalue weighted by Gasteiger charge is -2.19. The highest BCUT2D eigenvalue weighted by molar-refractivity contribution is 7.89. The first kappa shape index (κ1) is 16.5. The molecule has 0 radical (unpaired) electrons. The van der Waals surface area contributed by atoms with Crippen molar-refractivity contribution in [2.45, 2.75) is 31.2 Å². The highest BCUT2D eigenvalue weighted by Crippen LogP contribution is 2.23. The summed E-state index contributed by atoms with van der Waals surface area (Å²) in [7, 11) is -3.56. The van der Waals surface area contributed by atoms with Crippen molar-refractivity contribution in [3.05, 3.63) is 77.9 Å². The molecular weight excluding hydrogens is 294 g/mol. The number of benzene rings is 2. The van der Waals surface area contributed by atoms with Crippen LogP contribution in [0, 0.1) is 6.92 Å². The third-order valence-electron chi connectivity index (χ3n) is 3.38. The molecule has 0 heterocycles. The molecule has 2 rings (SSSR count). The second-order valence-electron chi connectivity index (χ2n) is 5.56. The molecule has 2 aromatic carbocycles. The quantitative estimate of drug-likeness (QED) is 0.820. The third-order valence-corrected chi connectivity index (χ3v) is 4.87. The Hall–Kier alpha value is -1.91. The van der Waals surface area contributed by atoms with E-state index in [0.29, 0.717) is 6.42 Å². The summed E-state index contributed by atoms with van der Waals surface area (Å²) in [5.41, 5.74) is 2.89. The highest BCUT2D eigenvalue weighted by atomic mass is 32.2. The summed E-state index contributed by atoms with van der Waals surface area (Å²) >= 11 is 0. The van der Waals surface area contributed by atoms with E-state index in [4.69, 9.17) is 0 Å². The second kappa shape index (κ2) is 6.90. The molecule has 1 unspecified atom stereocenters. The molecule has 0 fully saturated rings. The standard InChI is InChI=1S/C18H21NO2S/c1-14(2)13-18(16-7-5-4-6-8-16)19-22(20,21)17-11-9-15(3)10-12-17/h4-12,18-19H,1,13H2,2-3H3. The van der Waals surface area contributed by atoms with Gasteiger partial charge in [0, 0.05) is 0 Å². The van der Waals surface area contributed by atoms with E-state index in [9.17, 15) is 8.42 Å². The summed E-state index contributed by atoms with van der Waals surface area (Å²) in [6, 6.07) is 16.1. The van der Waals surface area contributed by atoms with Gasteiger partial charge in [-0.05, 0) is 38.0 Å². The SMILES string of the molecule is C=C(C)CC(NS(=O)(=O)c1ccc(C)cc1)c1ccccc1. The van der Waals surface area contributed by atoms with Crippen molar-refractivity contribution in [1.29, 1.82) is 0 Å². The van der Waals surface area contributed by atoms with Gasteiger partial charge in [0.05, 0.1) is 10.9 Å². The van der Waals surface area contributed by atoms with Crippen molar-refractivity contribution in [3.63, 3.8) is 0 Å². The fourth-order valence-corrected chi connectivity index (χ4v) is 3.46. The van der Waals surface area contributed by atoms with E-state index in [-0.39, 0.29) is 10.9 Å². The van der Waals surface area contributed by atoms with Gasteiger partial charge in [0.25, 0.3) is 0 Å². The number of hydrogen-bond donors (Lipinski definition) is 1. The number of hydrogen-bond acceptors (Lipinski definition) is 2. The Balaban J connectivity index is 2.30. The van der Waals surface area contributed by atoms with Crippen molar-refractivity contribution in [3.8, 4) is 0 Å². The molecule has 0 bridgehead atoms. The van der Waals surface area contributed by atoms with Crippen LogP contribution in [-0.4, -0.2) is 8.42 Å². The maximum Gasteiger partial charge on any atom is 0.241 e. The molecule has 1 N–H and O–H groups in total. The fourth-order valence-electron chi connectivity index (χ4n) is 2.23. The first-order chi connectivity index (χ1) is 10.4. The molecule has 22 heavy (non-hydrogen) atoms. The van der Waals surface area contributed by atoms with Crippen LogP contribution >= 0.6 is 0 Å². The summed E-state index contributed by atoms with van der Waals surface area (Å²) in [5.74, 6) is 0. The maximum atomic E-state index is 12.6. The zero-order valence-electron chi connectivity index (χ0n) is 12.9. The van der Waals surface area contributed by atoms with Gasteiger partial charge in [0.15, 0.2) is 0 Å². The smallest absolute Gasteiger partial charge is 0.207 e. The molecule has 0 spiro atoms. The minimum Gasteiger partial charge on any atom is -0.207 e. The fraction of sp³-hybridized carbons (Fsp3) is 0.222. The Morgan fingerprint density at radius 1 is 1.09 bits per heavy atom. The molecule has 4 heteroatoms. The number of nitrogens with one attached hydrogen (secondary N) is 1. The predicted octanol–water partition coefficient (Wildman–Crippen LogP) is 3.98. The molecule has 3 nitrogen and oxygen atoms in total. The molecular formula is C18H21NO2S. The number of rotatable bonds is 6. The summed E-state index contributed by atoms with van der Waals surface area (Å²) < 4.78 is 27.9. The lowest BCUT2D eigenvalue weighted by molar-refractivity contribution is 0.554. The summed E-state index contributed by atoms with van der Waals surface area (Å²) in [6.45, 7) is 7.73. The molecule has 0 aliphatic carbocycles. The van der Waals surface area contributed by atoms with E-state index in [1.54, 1.807) is 24.3 Å². The minimum absolute atomic E-state index is 0.278. The van der Waals surface area contributed by atoms with Crippen LogP contribution in [0.1, 0.15) is 30.5 Å². The summed E-state index contributed by atoms with van der Waals surface area (Å²) in [4.78, 5) is 0.278. The predicted molar refractivity (Wildman–Crippen MR) is 90.1 cm³/mol. The average molecular weight is 315 g/mol. The van der Waals surface area contributed by atoms with Gasteiger partial charge in [-0.25, -0.2) is 13.1 Å². The molecule has 2 aromatic rings. The van der Waals surface area contributed by atoms with E-state index in [1.807, 2.05) is 44.2 Å². The van der Waals surface area contributed by atoms with Crippen molar-refractivity contribution in [1.82, 2.24) is 4.72 Å². The Bertz CT molecular complexity index is 734. The molecule has 0 aromatic heterocycles. The number of sulfonamides is 1. The van der Waals surface area contributed by atoms with Crippen LogP contribution in [0.2, 0.25) is 0 Å².